The monoisotopic (exact) mass is 291 g/mol. The van der Waals surface area contributed by atoms with Gasteiger partial charge in [0.1, 0.15) is 5.82 Å². The van der Waals surface area contributed by atoms with E-state index in [0.717, 1.165) is 17.2 Å². The highest BCUT2D eigenvalue weighted by atomic mass is 35.5. The first-order chi connectivity index (χ1) is 9.24. The lowest BCUT2D eigenvalue weighted by molar-refractivity contribution is 0.435. The zero-order valence-corrected chi connectivity index (χ0v) is 12.7. The van der Waals surface area contributed by atoms with Gasteiger partial charge in [-0.05, 0) is 31.9 Å². The zero-order valence-electron chi connectivity index (χ0n) is 11.9. The predicted molar refractivity (Wildman–Crippen MR) is 85.8 cm³/mol. The van der Waals surface area contributed by atoms with Gasteiger partial charge < -0.3 is 5.73 Å². The highest BCUT2D eigenvalue weighted by molar-refractivity contribution is 5.85. The van der Waals surface area contributed by atoms with E-state index in [4.69, 9.17) is 10.8 Å². The number of benzene rings is 1. The second kappa shape index (κ2) is 6.31. The summed E-state index contributed by atoms with van der Waals surface area (Å²) in [5.74, 6) is 1.34. The molecule has 1 aromatic carbocycles. The number of aryl methyl sites for hydroxylation is 1. The first-order valence-electron chi connectivity index (χ1n) is 7.16. The fourth-order valence-electron chi connectivity index (χ4n) is 2.91. The summed E-state index contributed by atoms with van der Waals surface area (Å²) in [5.41, 5.74) is 9.58. The molecule has 1 saturated carbocycles. The van der Waals surface area contributed by atoms with Crippen molar-refractivity contribution in [3.05, 3.63) is 41.6 Å². The van der Waals surface area contributed by atoms with Gasteiger partial charge in [-0.1, -0.05) is 37.0 Å². The molecule has 1 fully saturated rings. The summed E-state index contributed by atoms with van der Waals surface area (Å²) in [6.45, 7) is 2.09. The van der Waals surface area contributed by atoms with Crippen molar-refractivity contribution in [2.24, 2.45) is 0 Å². The van der Waals surface area contributed by atoms with E-state index in [1.807, 2.05) is 4.68 Å². The molecule has 0 unspecified atom stereocenters. The van der Waals surface area contributed by atoms with E-state index in [2.05, 4.69) is 37.3 Å². The molecule has 0 amide bonds. The van der Waals surface area contributed by atoms with Gasteiger partial charge in [0, 0.05) is 12.0 Å². The normalized spacial score (nSPS) is 15.8. The van der Waals surface area contributed by atoms with E-state index in [1.165, 1.54) is 37.7 Å². The fraction of sp³-hybridized carbons (Fsp3) is 0.438. The summed E-state index contributed by atoms with van der Waals surface area (Å²) < 4.78 is 1.86. The number of nitrogens with two attached hydrogens (primary N) is 1. The number of anilines is 1. The van der Waals surface area contributed by atoms with Crippen LogP contribution in [0.2, 0.25) is 0 Å². The Kier molecular flexibility index (Phi) is 4.71. The first kappa shape index (κ1) is 14.9. The summed E-state index contributed by atoms with van der Waals surface area (Å²) in [5, 5.41) is 4.73. The molecule has 0 atom stereocenters. The standard InChI is InChI=1S/C16H21N3.ClH/c1-12-7-9-14(10-8-12)19-16(17)11-15(18-19)13-5-3-2-4-6-13;/h7-11,13H,2-6,17H2,1H3;1H. The molecule has 2 N–H and O–H groups in total. The van der Waals surface area contributed by atoms with Crippen LogP contribution in [0, 0.1) is 6.92 Å². The Balaban J connectivity index is 0.00000147. The van der Waals surface area contributed by atoms with Crippen molar-refractivity contribution in [2.45, 2.75) is 44.9 Å². The van der Waals surface area contributed by atoms with Gasteiger partial charge >= 0.3 is 0 Å². The van der Waals surface area contributed by atoms with Crippen molar-refractivity contribution in [2.75, 3.05) is 5.73 Å². The maximum absolute atomic E-state index is 6.12. The van der Waals surface area contributed by atoms with Crippen molar-refractivity contribution in [1.82, 2.24) is 9.78 Å². The third-order valence-electron chi connectivity index (χ3n) is 4.06. The molecule has 4 heteroatoms. The van der Waals surface area contributed by atoms with Gasteiger partial charge in [0.2, 0.25) is 0 Å². The van der Waals surface area contributed by atoms with Gasteiger partial charge in [-0.3, -0.25) is 0 Å². The molecule has 0 bridgehead atoms. The fourth-order valence-corrected chi connectivity index (χ4v) is 2.91. The number of halogens is 1. The zero-order chi connectivity index (χ0) is 13.2. The molecule has 20 heavy (non-hydrogen) atoms. The number of hydrogen-bond acceptors (Lipinski definition) is 2. The number of nitrogen functional groups attached to an aromatic ring is 1. The van der Waals surface area contributed by atoms with Gasteiger partial charge in [-0.25, -0.2) is 4.68 Å². The number of aromatic nitrogens is 2. The molecule has 108 valence electrons. The molecule has 0 spiro atoms. The summed E-state index contributed by atoms with van der Waals surface area (Å²) in [7, 11) is 0. The summed E-state index contributed by atoms with van der Waals surface area (Å²) >= 11 is 0. The van der Waals surface area contributed by atoms with Crippen molar-refractivity contribution < 1.29 is 0 Å². The SMILES string of the molecule is Cc1ccc(-n2nc(C3CCCCC3)cc2N)cc1.Cl. The van der Waals surface area contributed by atoms with Crippen LogP contribution in [0.3, 0.4) is 0 Å². The van der Waals surface area contributed by atoms with Crippen molar-refractivity contribution >= 4 is 18.2 Å². The Labute approximate surface area is 126 Å². The molecule has 0 radical (unpaired) electrons. The number of hydrogen-bond donors (Lipinski definition) is 1. The molecule has 1 aromatic heterocycles. The highest BCUT2D eigenvalue weighted by Gasteiger charge is 2.19. The molecule has 1 aliphatic rings. The Morgan fingerprint density at radius 3 is 2.40 bits per heavy atom. The lowest BCUT2D eigenvalue weighted by atomic mass is 9.87. The van der Waals surface area contributed by atoms with Crippen LogP contribution in [-0.2, 0) is 0 Å². The van der Waals surface area contributed by atoms with Crippen LogP contribution in [-0.4, -0.2) is 9.78 Å². The van der Waals surface area contributed by atoms with Crippen LogP contribution in [0.4, 0.5) is 5.82 Å². The maximum atomic E-state index is 6.12. The second-order valence-corrected chi connectivity index (χ2v) is 5.58. The molecule has 3 rings (SSSR count). The molecule has 2 aromatic rings. The Bertz CT molecular complexity index is 554. The predicted octanol–water partition coefficient (Wildman–Crippen LogP) is 4.23. The average molecular weight is 292 g/mol. The van der Waals surface area contributed by atoms with Crippen molar-refractivity contribution in [3.63, 3.8) is 0 Å². The Morgan fingerprint density at radius 2 is 1.75 bits per heavy atom. The first-order valence-corrected chi connectivity index (χ1v) is 7.16. The van der Waals surface area contributed by atoms with E-state index in [-0.39, 0.29) is 12.4 Å². The summed E-state index contributed by atoms with van der Waals surface area (Å²) in [4.78, 5) is 0. The second-order valence-electron chi connectivity index (χ2n) is 5.58. The summed E-state index contributed by atoms with van der Waals surface area (Å²) in [6, 6.07) is 10.4. The van der Waals surface area contributed by atoms with Crippen LogP contribution in [0.25, 0.3) is 5.69 Å². The molecule has 1 aliphatic carbocycles. The minimum Gasteiger partial charge on any atom is -0.384 e. The van der Waals surface area contributed by atoms with Gasteiger partial charge in [0.15, 0.2) is 0 Å². The van der Waals surface area contributed by atoms with Gasteiger partial charge in [0.05, 0.1) is 11.4 Å². The Morgan fingerprint density at radius 1 is 1.10 bits per heavy atom. The van der Waals surface area contributed by atoms with Crippen LogP contribution in [0.5, 0.6) is 0 Å². The number of nitrogens with zero attached hydrogens (tertiary/aromatic N) is 2. The summed E-state index contributed by atoms with van der Waals surface area (Å²) in [6.07, 6.45) is 6.52. The highest BCUT2D eigenvalue weighted by Crippen LogP contribution is 2.33. The van der Waals surface area contributed by atoms with Gasteiger partial charge in [0.25, 0.3) is 0 Å². The molecular formula is C16H22ClN3. The van der Waals surface area contributed by atoms with E-state index < -0.39 is 0 Å². The van der Waals surface area contributed by atoms with E-state index in [9.17, 15) is 0 Å². The topological polar surface area (TPSA) is 43.8 Å². The van der Waals surface area contributed by atoms with Gasteiger partial charge in [-0.2, -0.15) is 5.10 Å². The quantitative estimate of drug-likeness (QED) is 0.900. The van der Waals surface area contributed by atoms with Crippen LogP contribution < -0.4 is 5.73 Å². The van der Waals surface area contributed by atoms with E-state index >= 15 is 0 Å². The molecule has 0 saturated heterocycles. The van der Waals surface area contributed by atoms with E-state index in [0.29, 0.717) is 5.92 Å². The largest absolute Gasteiger partial charge is 0.384 e. The molecular weight excluding hydrogens is 270 g/mol. The number of rotatable bonds is 2. The van der Waals surface area contributed by atoms with Crippen molar-refractivity contribution in [1.29, 1.82) is 0 Å². The van der Waals surface area contributed by atoms with E-state index in [1.54, 1.807) is 0 Å². The lowest BCUT2D eigenvalue weighted by Gasteiger charge is -2.19. The van der Waals surface area contributed by atoms with Crippen molar-refractivity contribution in [3.8, 4) is 5.69 Å². The van der Waals surface area contributed by atoms with Crippen LogP contribution >= 0.6 is 12.4 Å². The van der Waals surface area contributed by atoms with Crippen LogP contribution in [0.1, 0.15) is 49.3 Å². The smallest absolute Gasteiger partial charge is 0.127 e. The molecule has 3 nitrogen and oxygen atoms in total. The molecule has 0 aliphatic heterocycles. The lowest BCUT2D eigenvalue weighted by Crippen LogP contribution is -2.06. The third kappa shape index (κ3) is 2.98. The Hall–Kier alpha value is -1.48. The molecule has 1 heterocycles. The average Bonchev–Trinajstić information content (AvgIpc) is 2.83. The maximum Gasteiger partial charge on any atom is 0.127 e. The minimum atomic E-state index is 0. The van der Waals surface area contributed by atoms with Crippen LogP contribution in [0.15, 0.2) is 30.3 Å². The third-order valence-corrected chi connectivity index (χ3v) is 4.06. The minimum absolute atomic E-state index is 0. The van der Waals surface area contributed by atoms with Gasteiger partial charge in [-0.15, -0.1) is 12.4 Å².